The third kappa shape index (κ3) is 3.79. The monoisotopic (exact) mass is 451 g/mol. The van der Waals surface area contributed by atoms with E-state index in [2.05, 4.69) is 44.0 Å². The molecule has 0 radical (unpaired) electrons. The van der Waals surface area contributed by atoms with E-state index in [1.165, 1.54) is 11.3 Å². The van der Waals surface area contributed by atoms with Gasteiger partial charge in [-0.3, -0.25) is 14.9 Å². The van der Waals surface area contributed by atoms with Crippen molar-refractivity contribution < 1.29 is 14.4 Å². The molecule has 6 nitrogen and oxygen atoms in total. The number of rotatable bonds is 3. The number of nitrogens with zero attached hydrogens (tertiary/aromatic N) is 2. The molecule has 1 unspecified atom stereocenters. The van der Waals surface area contributed by atoms with Gasteiger partial charge in [-0.25, -0.2) is 9.69 Å². The van der Waals surface area contributed by atoms with Gasteiger partial charge in [0.1, 0.15) is 5.57 Å². The van der Waals surface area contributed by atoms with Gasteiger partial charge in [0.15, 0.2) is 0 Å². The summed E-state index contributed by atoms with van der Waals surface area (Å²) in [5, 5.41) is 2.74. The highest BCUT2D eigenvalue weighted by Crippen LogP contribution is 2.43. The van der Waals surface area contributed by atoms with Gasteiger partial charge in [0, 0.05) is 22.8 Å². The Morgan fingerprint density at radius 3 is 2.47 bits per heavy atom. The number of anilines is 2. The van der Waals surface area contributed by atoms with E-state index in [0.717, 1.165) is 23.4 Å². The zero-order valence-corrected chi connectivity index (χ0v) is 19.4. The smallest absolute Gasteiger partial charge is 0.335 e. The molecule has 0 spiro atoms. The average molecular weight is 452 g/mol. The molecule has 32 heavy (non-hydrogen) atoms. The quantitative estimate of drug-likeness (QED) is 0.519. The summed E-state index contributed by atoms with van der Waals surface area (Å²) < 4.78 is 0. The Labute approximate surface area is 192 Å². The molecule has 166 valence electrons. The number of halogens is 1. The average Bonchev–Trinajstić information content (AvgIpc) is 2.72. The van der Waals surface area contributed by atoms with Crippen molar-refractivity contribution in [3.05, 3.63) is 64.2 Å². The summed E-state index contributed by atoms with van der Waals surface area (Å²) in [6.07, 6.45) is 2.56. The van der Waals surface area contributed by atoms with E-state index < -0.39 is 17.8 Å². The lowest BCUT2D eigenvalue weighted by atomic mass is 9.79. The number of carbonyl (C=O) groups is 3. The zero-order chi connectivity index (χ0) is 23.2. The summed E-state index contributed by atoms with van der Waals surface area (Å²) in [5.41, 5.74) is 3.42. The maximum absolute atomic E-state index is 13.1. The minimum Gasteiger partial charge on any atom is -0.366 e. The predicted octanol–water partition coefficient (Wildman–Crippen LogP) is 5.12. The molecule has 0 saturated carbocycles. The largest absolute Gasteiger partial charge is 0.366 e. The summed E-state index contributed by atoms with van der Waals surface area (Å²) in [5.74, 6) is -1.03. The Hall–Kier alpha value is -3.12. The molecule has 2 aliphatic heterocycles. The van der Waals surface area contributed by atoms with E-state index in [-0.39, 0.29) is 11.1 Å². The third-order valence-electron chi connectivity index (χ3n) is 6.22. The Kier molecular flexibility index (Phi) is 5.59. The van der Waals surface area contributed by atoms with E-state index >= 15 is 0 Å². The number of amides is 4. The topological polar surface area (TPSA) is 69.7 Å². The van der Waals surface area contributed by atoms with Crippen LogP contribution in [-0.4, -0.2) is 29.9 Å². The molecule has 4 amide bonds. The van der Waals surface area contributed by atoms with E-state index in [4.69, 9.17) is 11.6 Å². The van der Waals surface area contributed by atoms with E-state index in [9.17, 15) is 14.4 Å². The predicted molar refractivity (Wildman–Crippen MR) is 127 cm³/mol. The van der Waals surface area contributed by atoms with Crippen molar-refractivity contribution in [1.82, 2.24) is 5.32 Å². The molecule has 1 atom stereocenters. The minimum absolute atomic E-state index is 0.0554. The number of benzene rings is 2. The second-order valence-corrected chi connectivity index (χ2v) is 9.35. The second kappa shape index (κ2) is 8.10. The number of nitrogens with one attached hydrogen (secondary N) is 1. The van der Waals surface area contributed by atoms with Gasteiger partial charge >= 0.3 is 6.03 Å². The fourth-order valence-electron chi connectivity index (χ4n) is 4.85. The first-order valence-corrected chi connectivity index (χ1v) is 11.1. The fourth-order valence-corrected chi connectivity index (χ4v) is 4.97. The Morgan fingerprint density at radius 1 is 1.12 bits per heavy atom. The zero-order valence-electron chi connectivity index (χ0n) is 18.6. The molecule has 1 saturated heterocycles. The van der Waals surface area contributed by atoms with Crippen LogP contribution in [0.5, 0.6) is 0 Å². The maximum atomic E-state index is 13.1. The summed E-state index contributed by atoms with van der Waals surface area (Å²) >= 11 is 5.92. The molecule has 0 aromatic heterocycles. The Bertz CT molecular complexity index is 1140. The van der Waals surface area contributed by atoms with Gasteiger partial charge in [0.2, 0.25) is 0 Å². The number of fused-ring (bicyclic) bond motifs is 1. The van der Waals surface area contributed by atoms with Crippen molar-refractivity contribution in [1.29, 1.82) is 0 Å². The molecule has 1 N–H and O–H groups in total. The number of hydrogen-bond donors (Lipinski definition) is 1. The van der Waals surface area contributed by atoms with E-state index in [0.29, 0.717) is 16.6 Å². The van der Waals surface area contributed by atoms with Gasteiger partial charge < -0.3 is 4.90 Å². The molecule has 0 aliphatic carbocycles. The number of carbonyl (C=O) groups excluding carboxylic acids is 3. The van der Waals surface area contributed by atoms with Crippen LogP contribution in [0.3, 0.4) is 0 Å². The summed E-state index contributed by atoms with van der Waals surface area (Å²) in [6, 6.07) is 11.5. The standard InChI is InChI=1S/C25H26ClN3O3/c1-5-28-21-11-6-16(12-19(21)15(2)14-25(28,3)4)13-20-22(30)27-24(32)29(23(20)31)18-9-7-17(26)8-10-18/h6-13,15H,5,14H2,1-4H3,(H,27,30,32)/b20-13+. The highest BCUT2D eigenvalue weighted by atomic mass is 35.5. The lowest BCUT2D eigenvalue weighted by Crippen LogP contribution is -2.54. The van der Waals surface area contributed by atoms with Crippen LogP contribution in [-0.2, 0) is 9.59 Å². The highest BCUT2D eigenvalue weighted by molar-refractivity contribution is 6.39. The lowest BCUT2D eigenvalue weighted by Gasteiger charge is -2.47. The number of barbiturate groups is 1. The van der Waals surface area contributed by atoms with Crippen molar-refractivity contribution in [2.75, 3.05) is 16.3 Å². The first kappa shape index (κ1) is 22.1. The Balaban J connectivity index is 1.72. The van der Waals surface area contributed by atoms with E-state index in [1.54, 1.807) is 30.3 Å². The number of urea groups is 1. The lowest BCUT2D eigenvalue weighted by molar-refractivity contribution is -0.122. The van der Waals surface area contributed by atoms with Crippen LogP contribution in [0.2, 0.25) is 5.02 Å². The molecule has 2 heterocycles. The normalized spacial score (nSPS) is 21.6. The van der Waals surface area contributed by atoms with Gasteiger partial charge in [-0.15, -0.1) is 0 Å². The first-order chi connectivity index (χ1) is 15.1. The van der Waals surface area contributed by atoms with Crippen LogP contribution in [0.4, 0.5) is 16.2 Å². The molecule has 4 rings (SSSR count). The van der Waals surface area contributed by atoms with Gasteiger partial charge in [0.05, 0.1) is 5.69 Å². The second-order valence-electron chi connectivity index (χ2n) is 8.91. The van der Waals surface area contributed by atoms with Crippen LogP contribution in [0.25, 0.3) is 6.08 Å². The van der Waals surface area contributed by atoms with Crippen LogP contribution in [0.15, 0.2) is 48.0 Å². The minimum atomic E-state index is -0.778. The molecule has 7 heteroatoms. The fraction of sp³-hybridized carbons (Fsp3) is 0.320. The van der Waals surface area contributed by atoms with Crippen molar-refractivity contribution in [3.8, 4) is 0 Å². The first-order valence-electron chi connectivity index (χ1n) is 10.7. The number of hydrogen-bond acceptors (Lipinski definition) is 4. The SMILES string of the molecule is CCN1c2ccc(/C=C3\C(=O)NC(=O)N(c4ccc(Cl)cc4)C3=O)cc2C(C)CC1(C)C. The molecule has 2 aromatic carbocycles. The molecular weight excluding hydrogens is 426 g/mol. The highest BCUT2D eigenvalue weighted by Gasteiger charge is 2.38. The summed E-state index contributed by atoms with van der Waals surface area (Å²) in [4.78, 5) is 41.3. The van der Waals surface area contributed by atoms with Crippen molar-refractivity contribution in [2.45, 2.75) is 45.6 Å². The van der Waals surface area contributed by atoms with E-state index in [1.807, 2.05) is 12.1 Å². The molecule has 0 bridgehead atoms. The van der Waals surface area contributed by atoms with Crippen LogP contribution in [0.1, 0.15) is 51.2 Å². The van der Waals surface area contributed by atoms with Gasteiger partial charge in [-0.2, -0.15) is 0 Å². The van der Waals surface area contributed by atoms with Crippen molar-refractivity contribution >= 4 is 46.9 Å². The molecule has 1 fully saturated rings. The number of imide groups is 2. The van der Waals surface area contributed by atoms with Crippen LogP contribution < -0.4 is 15.1 Å². The Morgan fingerprint density at radius 2 is 1.81 bits per heavy atom. The molecule has 2 aromatic rings. The van der Waals surface area contributed by atoms with Crippen molar-refractivity contribution in [3.63, 3.8) is 0 Å². The van der Waals surface area contributed by atoms with Gasteiger partial charge in [0.25, 0.3) is 11.8 Å². The molecule has 2 aliphatic rings. The summed E-state index contributed by atoms with van der Waals surface area (Å²) in [6.45, 7) is 9.74. The maximum Gasteiger partial charge on any atom is 0.335 e. The third-order valence-corrected chi connectivity index (χ3v) is 6.48. The molecular formula is C25H26ClN3O3. The van der Waals surface area contributed by atoms with Gasteiger partial charge in [-0.05, 0) is 86.7 Å². The van der Waals surface area contributed by atoms with Crippen LogP contribution in [0, 0.1) is 0 Å². The summed E-state index contributed by atoms with van der Waals surface area (Å²) in [7, 11) is 0. The van der Waals surface area contributed by atoms with Crippen LogP contribution >= 0.6 is 11.6 Å². The van der Waals surface area contributed by atoms with Crippen molar-refractivity contribution in [2.24, 2.45) is 0 Å². The van der Waals surface area contributed by atoms with Gasteiger partial charge in [-0.1, -0.05) is 24.6 Å².